The Morgan fingerprint density at radius 2 is 1.94 bits per heavy atom. The van der Waals surface area contributed by atoms with E-state index in [1.165, 1.54) is 13.2 Å². The Labute approximate surface area is 211 Å². The predicted molar refractivity (Wildman–Crippen MR) is 137 cm³/mol. The second-order valence-corrected chi connectivity index (χ2v) is 10.9. The summed E-state index contributed by atoms with van der Waals surface area (Å²) in [6.45, 7) is 6.98. The Kier molecular flexibility index (Phi) is 12.9. The highest BCUT2D eigenvalue weighted by Gasteiger charge is 2.42. The van der Waals surface area contributed by atoms with E-state index in [-0.39, 0.29) is 46.8 Å². The maximum atomic E-state index is 13.0. The quantitative estimate of drug-likeness (QED) is 0.115. The van der Waals surface area contributed by atoms with Crippen LogP contribution in [0.3, 0.4) is 0 Å². The third-order valence-electron chi connectivity index (χ3n) is 7.22. The van der Waals surface area contributed by atoms with Crippen LogP contribution in [0, 0.1) is 17.3 Å². The van der Waals surface area contributed by atoms with E-state index in [2.05, 4.69) is 17.7 Å². The summed E-state index contributed by atoms with van der Waals surface area (Å²) in [5, 5.41) is 0.0112. The van der Waals surface area contributed by atoms with Crippen LogP contribution in [0.25, 0.3) is 0 Å². The zero-order chi connectivity index (χ0) is 25.0. The van der Waals surface area contributed by atoms with E-state index in [0.717, 1.165) is 77.2 Å². The highest BCUT2D eigenvalue weighted by Crippen LogP contribution is 2.43. The van der Waals surface area contributed by atoms with Gasteiger partial charge in [-0.25, -0.2) is 4.79 Å². The number of ketones is 1. The summed E-state index contributed by atoms with van der Waals surface area (Å²) in [5.41, 5.74) is -0.351. The molecule has 2 aliphatic rings. The SMILES string of the molecule is CCCCC(C)(C)C(=O)C=C[C@@H]1[C@@H](CCCCC=CC(=O)OC)[C@H](Cl)C[C@H]1OC1CCCCO1. The average molecular weight is 497 g/mol. The molecule has 0 aromatic rings. The number of hydrogen-bond acceptors (Lipinski definition) is 5. The Balaban J connectivity index is 2.02. The molecule has 0 amide bonds. The highest BCUT2D eigenvalue weighted by atomic mass is 35.5. The molecule has 5 nitrogen and oxygen atoms in total. The van der Waals surface area contributed by atoms with Gasteiger partial charge in [-0.1, -0.05) is 52.2 Å². The van der Waals surface area contributed by atoms with Crippen molar-refractivity contribution in [3.8, 4) is 0 Å². The van der Waals surface area contributed by atoms with Crippen LogP contribution in [-0.2, 0) is 23.8 Å². The summed E-state index contributed by atoms with van der Waals surface area (Å²) in [6, 6.07) is 0. The summed E-state index contributed by atoms with van der Waals surface area (Å²) >= 11 is 6.84. The molecular weight excluding hydrogens is 452 g/mol. The van der Waals surface area contributed by atoms with Crippen LogP contribution in [0.5, 0.6) is 0 Å². The van der Waals surface area contributed by atoms with Gasteiger partial charge >= 0.3 is 5.97 Å². The maximum Gasteiger partial charge on any atom is 0.330 e. The first-order valence-electron chi connectivity index (χ1n) is 13.2. The number of halogens is 1. The van der Waals surface area contributed by atoms with Crippen molar-refractivity contribution < 1.29 is 23.8 Å². The van der Waals surface area contributed by atoms with Gasteiger partial charge in [0.1, 0.15) is 0 Å². The van der Waals surface area contributed by atoms with Gasteiger partial charge in [-0.15, -0.1) is 11.6 Å². The molecule has 2 fully saturated rings. The molecule has 0 bridgehead atoms. The Morgan fingerprint density at radius 1 is 1.15 bits per heavy atom. The van der Waals surface area contributed by atoms with Crippen LogP contribution in [-0.4, -0.2) is 43.2 Å². The summed E-state index contributed by atoms with van der Waals surface area (Å²) in [4.78, 5) is 24.2. The molecule has 194 valence electrons. The minimum atomic E-state index is -0.351. The topological polar surface area (TPSA) is 61.8 Å². The molecule has 1 unspecified atom stereocenters. The number of hydrogen-bond donors (Lipinski definition) is 0. The van der Waals surface area contributed by atoms with Crippen molar-refractivity contribution in [2.45, 2.75) is 109 Å². The van der Waals surface area contributed by atoms with Crippen LogP contribution >= 0.6 is 11.6 Å². The van der Waals surface area contributed by atoms with Crippen molar-refractivity contribution in [1.29, 1.82) is 0 Å². The average Bonchev–Trinajstić information content (AvgIpc) is 3.12. The fourth-order valence-corrected chi connectivity index (χ4v) is 5.40. The number of rotatable bonds is 14. The molecule has 0 aromatic heterocycles. The molecule has 6 heteroatoms. The second kappa shape index (κ2) is 15.1. The van der Waals surface area contributed by atoms with E-state index in [0.29, 0.717) is 0 Å². The third kappa shape index (κ3) is 9.47. The first-order valence-corrected chi connectivity index (χ1v) is 13.6. The van der Waals surface area contributed by atoms with E-state index in [4.69, 9.17) is 21.1 Å². The molecule has 5 atom stereocenters. The number of esters is 1. The minimum Gasteiger partial charge on any atom is -0.466 e. The van der Waals surface area contributed by atoms with E-state index < -0.39 is 0 Å². The summed E-state index contributed by atoms with van der Waals surface area (Å²) in [5.74, 6) is 0.212. The molecule has 1 aliphatic heterocycles. The van der Waals surface area contributed by atoms with Crippen LogP contribution < -0.4 is 0 Å². The first-order chi connectivity index (χ1) is 16.3. The van der Waals surface area contributed by atoms with Gasteiger partial charge in [-0.3, -0.25) is 4.79 Å². The van der Waals surface area contributed by atoms with Crippen LogP contribution in [0.4, 0.5) is 0 Å². The number of methoxy groups -OCH3 is 1. The van der Waals surface area contributed by atoms with Crippen LogP contribution in [0.2, 0.25) is 0 Å². The standard InChI is InChI=1S/C28H45ClO5/c1-5-6-18-28(2,3)25(30)17-16-22-21(13-9-7-8-10-14-26(31)32-4)23(29)20-24(22)34-27-15-11-12-19-33-27/h10,14,16-17,21-24,27H,5-9,11-13,15,18-20H2,1-4H3/t21-,22-,23-,24-,27?/m1/s1. The fraction of sp³-hybridized carbons (Fsp3) is 0.786. The lowest BCUT2D eigenvalue weighted by Crippen LogP contribution is -2.31. The summed E-state index contributed by atoms with van der Waals surface area (Å²) in [7, 11) is 1.38. The monoisotopic (exact) mass is 496 g/mol. The number of unbranched alkanes of at least 4 members (excludes halogenated alkanes) is 3. The van der Waals surface area contributed by atoms with Gasteiger partial charge in [0.25, 0.3) is 0 Å². The predicted octanol–water partition coefficient (Wildman–Crippen LogP) is 6.77. The molecular formula is C28H45ClO5. The van der Waals surface area contributed by atoms with Crippen LogP contribution in [0.15, 0.2) is 24.3 Å². The molecule has 1 heterocycles. The van der Waals surface area contributed by atoms with E-state index in [1.54, 1.807) is 6.08 Å². The van der Waals surface area contributed by atoms with Crippen molar-refractivity contribution in [2.75, 3.05) is 13.7 Å². The minimum absolute atomic E-state index is 0.0112. The summed E-state index contributed by atoms with van der Waals surface area (Å²) in [6.07, 6.45) is 17.7. The molecule has 34 heavy (non-hydrogen) atoms. The van der Waals surface area contributed by atoms with Crippen molar-refractivity contribution >= 4 is 23.4 Å². The Hall–Kier alpha value is -1.17. The number of carbonyl (C=O) groups excluding carboxylic acids is 2. The van der Waals surface area contributed by atoms with Crippen molar-refractivity contribution in [3.05, 3.63) is 24.3 Å². The normalized spacial score (nSPS) is 28.1. The van der Waals surface area contributed by atoms with E-state index >= 15 is 0 Å². The van der Waals surface area contributed by atoms with Crippen molar-refractivity contribution in [1.82, 2.24) is 0 Å². The number of alkyl halides is 1. The van der Waals surface area contributed by atoms with E-state index in [9.17, 15) is 9.59 Å². The third-order valence-corrected chi connectivity index (χ3v) is 7.72. The van der Waals surface area contributed by atoms with Gasteiger partial charge in [0.05, 0.1) is 13.2 Å². The second-order valence-electron chi connectivity index (χ2n) is 10.4. The molecule has 1 aliphatic carbocycles. The summed E-state index contributed by atoms with van der Waals surface area (Å²) < 4.78 is 16.9. The molecule has 2 rings (SSSR count). The van der Waals surface area contributed by atoms with Gasteiger partial charge in [-0.05, 0) is 63.4 Å². The van der Waals surface area contributed by atoms with Gasteiger partial charge < -0.3 is 14.2 Å². The number of allylic oxidation sites excluding steroid dienone is 2. The number of ether oxygens (including phenoxy) is 3. The zero-order valence-electron chi connectivity index (χ0n) is 21.6. The Morgan fingerprint density at radius 3 is 2.62 bits per heavy atom. The molecule has 0 spiro atoms. The molecule has 1 saturated heterocycles. The molecule has 0 N–H and O–H groups in total. The van der Waals surface area contributed by atoms with Crippen molar-refractivity contribution in [3.63, 3.8) is 0 Å². The molecule has 1 saturated carbocycles. The van der Waals surface area contributed by atoms with Crippen LogP contribution in [0.1, 0.15) is 91.4 Å². The smallest absolute Gasteiger partial charge is 0.330 e. The van der Waals surface area contributed by atoms with Gasteiger partial charge in [-0.2, -0.15) is 0 Å². The van der Waals surface area contributed by atoms with Crippen molar-refractivity contribution in [2.24, 2.45) is 17.3 Å². The largest absolute Gasteiger partial charge is 0.466 e. The molecule has 0 aromatic carbocycles. The lowest BCUT2D eigenvalue weighted by atomic mass is 9.81. The zero-order valence-corrected chi connectivity index (χ0v) is 22.4. The Bertz CT molecular complexity index is 680. The lowest BCUT2D eigenvalue weighted by molar-refractivity contribution is -0.192. The van der Waals surface area contributed by atoms with Gasteiger partial charge in [0, 0.05) is 29.4 Å². The number of carbonyl (C=O) groups is 2. The molecule has 0 radical (unpaired) electrons. The van der Waals surface area contributed by atoms with Gasteiger partial charge in [0.2, 0.25) is 0 Å². The maximum absolute atomic E-state index is 13.0. The van der Waals surface area contributed by atoms with E-state index in [1.807, 2.05) is 19.9 Å². The van der Waals surface area contributed by atoms with Gasteiger partial charge in [0.15, 0.2) is 12.1 Å². The highest BCUT2D eigenvalue weighted by molar-refractivity contribution is 6.21. The lowest BCUT2D eigenvalue weighted by Gasteiger charge is -2.29. The fourth-order valence-electron chi connectivity index (χ4n) is 4.93. The first kappa shape index (κ1) is 29.1.